The number of carboxylic acid groups (broad SMARTS) is 1. The average Bonchev–Trinajstić information content (AvgIpc) is 2.50. The van der Waals surface area contributed by atoms with E-state index < -0.39 is 23.8 Å². The van der Waals surface area contributed by atoms with Gasteiger partial charge >= 0.3 is 5.97 Å². The molecule has 1 aliphatic rings. The van der Waals surface area contributed by atoms with Crippen molar-refractivity contribution in [3.63, 3.8) is 0 Å². The molecule has 0 bridgehead atoms. The fourth-order valence-corrected chi connectivity index (χ4v) is 1.14. The van der Waals surface area contributed by atoms with E-state index in [2.05, 4.69) is 10.6 Å². The SMILES string of the molecule is CC(C(=O)O)C(=O)NC1CCNC1=O. The number of carbonyl (C=O) groups excluding carboxylic acids is 2. The van der Waals surface area contributed by atoms with Gasteiger partial charge in [0.15, 0.2) is 0 Å². The molecule has 0 aliphatic carbocycles. The molecule has 0 radical (unpaired) electrons. The zero-order chi connectivity index (χ0) is 10.7. The molecule has 0 aromatic heterocycles. The summed E-state index contributed by atoms with van der Waals surface area (Å²) in [6, 6.07) is -0.579. The van der Waals surface area contributed by atoms with E-state index in [9.17, 15) is 14.4 Å². The monoisotopic (exact) mass is 200 g/mol. The van der Waals surface area contributed by atoms with Crippen molar-refractivity contribution in [2.75, 3.05) is 6.54 Å². The van der Waals surface area contributed by atoms with Gasteiger partial charge in [-0.2, -0.15) is 0 Å². The van der Waals surface area contributed by atoms with Gasteiger partial charge in [0, 0.05) is 6.54 Å². The molecule has 2 atom stereocenters. The van der Waals surface area contributed by atoms with Crippen molar-refractivity contribution in [2.45, 2.75) is 19.4 Å². The van der Waals surface area contributed by atoms with E-state index >= 15 is 0 Å². The van der Waals surface area contributed by atoms with Crippen LogP contribution in [0.4, 0.5) is 0 Å². The molecular weight excluding hydrogens is 188 g/mol. The van der Waals surface area contributed by atoms with Crippen LogP contribution in [0.25, 0.3) is 0 Å². The molecule has 1 fully saturated rings. The van der Waals surface area contributed by atoms with Crippen molar-refractivity contribution >= 4 is 17.8 Å². The first kappa shape index (κ1) is 10.5. The smallest absolute Gasteiger partial charge is 0.315 e. The third-order valence-corrected chi connectivity index (χ3v) is 2.13. The summed E-state index contributed by atoms with van der Waals surface area (Å²) < 4.78 is 0. The normalized spacial score (nSPS) is 22.6. The number of rotatable bonds is 3. The lowest BCUT2D eigenvalue weighted by Crippen LogP contribution is -2.44. The molecule has 6 nitrogen and oxygen atoms in total. The number of carboxylic acids is 1. The molecule has 1 saturated heterocycles. The molecule has 2 unspecified atom stereocenters. The van der Waals surface area contributed by atoms with E-state index in [1.807, 2.05) is 0 Å². The van der Waals surface area contributed by atoms with Crippen LogP contribution in [0.15, 0.2) is 0 Å². The Bertz CT molecular complexity index is 277. The molecule has 3 N–H and O–H groups in total. The summed E-state index contributed by atoms with van der Waals surface area (Å²) in [5, 5.41) is 13.5. The van der Waals surface area contributed by atoms with Gasteiger partial charge in [-0.25, -0.2) is 0 Å². The number of hydrogen-bond donors (Lipinski definition) is 3. The minimum Gasteiger partial charge on any atom is -0.481 e. The van der Waals surface area contributed by atoms with Gasteiger partial charge < -0.3 is 15.7 Å². The summed E-state index contributed by atoms with van der Waals surface area (Å²) in [4.78, 5) is 32.7. The Morgan fingerprint density at radius 3 is 2.71 bits per heavy atom. The van der Waals surface area contributed by atoms with E-state index in [4.69, 9.17) is 5.11 Å². The lowest BCUT2D eigenvalue weighted by atomic mass is 10.1. The van der Waals surface area contributed by atoms with Crippen molar-refractivity contribution in [1.29, 1.82) is 0 Å². The molecule has 1 aliphatic heterocycles. The topological polar surface area (TPSA) is 95.5 Å². The van der Waals surface area contributed by atoms with Crippen molar-refractivity contribution in [2.24, 2.45) is 5.92 Å². The molecule has 0 spiro atoms. The third kappa shape index (κ3) is 2.21. The molecule has 0 saturated carbocycles. The van der Waals surface area contributed by atoms with Gasteiger partial charge in [-0.15, -0.1) is 0 Å². The van der Waals surface area contributed by atoms with Crippen LogP contribution in [0.3, 0.4) is 0 Å². The van der Waals surface area contributed by atoms with Crippen LogP contribution >= 0.6 is 0 Å². The minimum absolute atomic E-state index is 0.254. The Hall–Kier alpha value is -1.59. The van der Waals surface area contributed by atoms with Gasteiger partial charge in [-0.3, -0.25) is 14.4 Å². The van der Waals surface area contributed by atoms with Crippen LogP contribution in [-0.4, -0.2) is 35.5 Å². The second kappa shape index (κ2) is 4.08. The van der Waals surface area contributed by atoms with Crippen molar-refractivity contribution in [1.82, 2.24) is 10.6 Å². The Balaban J connectivity index is 2.48. The number of amides is 2. The Morgan fingerprint density at radius 1 is 1.64 bits per heavy atom. The highest BCUT2D eigenvalue weighted by molar-refractivity contribution is 5.98. The lowest BCUT2D eigenvalue weighted by Gasteiger charge is -2.11. The van der Waals surface area contributed by atoms with E-state index in [1.54, 1.807) is 0 Å². The quantitative estimate of drug-likeness (QED) is 0.494. The van der Waals surface area contributed by atoms with Gasteiger partial charge in [-0.1, -0.05) is 0 Å². The fraction of sp³-hybridized carbons (Fsp3) is 0.625. The molecule has 0 aromatic carbocycles. The van der Waals surface area contributed by atoms with Crippen LogP contribution in [0, 0.1) is 5.92 Å². The van der Waals surface area contributed by atoms with Crippen LogP contribution in [-0.2, 0) is 14.4 Å². The first-order chi connectivity index (χ1) is 6.52. The maximum atomic E-state index is 11.2. The summed E-state index contributed by atoms with van der Waals surface area (Å²) >= 11 is 0. The molecule has 2 amide bonds. The van der Waals surface area contributed by atoms with Crippen molar-refractivity contribution < 1.29 is 19.5 Å². The van der Waals surface area contributed by atoms with Gasteiger partial charge in [0.25, 0.3) is 0 Å². The number of aliphatic carboxylic acids is 1. The average molecular weight is 200 g/mol. The zero-order valence-corrected chi connectivity index (χ0v) is 7.74. The molecular formula is C8H12N2O4. The van der Waals surface area contributed by atoms with Gasteiger partial charge in [0.05, 0.1) is 0 Å². The van der Waals surface area contributed by atoms with E-state index in [-0.39, 0.29) is 5.91 Å². The number of carbonyl (C=O) groups is 3. The molecule has 0 aromatic rings. The summed E-state index contributed by atoms with van der Waals surface area (Å²) in [7, 11) is 0. The van der Waals surface area contributed by atoms with Crippen molar-refractivity contribution in [3.8, 4) is 0 Å². The summed E-state index contributed by atoms with van der Waals surface area (Å²) in [6.07, 6.45) is 0.511. The summed E-state index contributed by atoms with van der Waals surface area (Å²) in [5.41, 5.74) is 0. The highest BCUT2D eigenvalue weighted by Gasteiger charge is 2.29. The zero-order valence-electron chi connectivity index (χ0n) is 7.74. The third-order valence-electron chi connectivity index (χ3n) is 2.13. The fourth-order valence-electron chi connectivity index (χ4n) is 1.14. The predicted octanol–water partition coefficient (Wildman–Crippen LogP) is -1.29. The van der Waals surface area contributed by atoms with Crippen LogP contribution in [0.2, 0.25) is 0 Å². The Labute approximate surface area is 80.7 Å². The van der Waals surface area contributed by atoms with Crippen LogP contribution in [0.5, 0.6) is 0 Å². The van der Waals surface area contributed by atoms with E-state index in [1.165, 1.54) is 6.92 Å². The summed E-state index contributed by atoms with van der Waals surface area (Å²) in [5.74, 6) is -3.19. The maximum absolute atomic E-state index is 11.2. The van der Waals surface area contributed by atoms with Crippen LogP contribution in [0.1, 0.15) is 13.3 Å². The Kier molecular flexibility index (Phi) is 3.06. The highest BCUT2D eigenvalue weighted by atomic mass is 16.4. The number of nitrogens with one attached hydrogen (secondary N) is 2. The van der Waals surface area contributed by atoms with E-state index in [0.29, 0.717) is 13.0 Å². The molecule has 1 heterocycles. The first-order valence-electron chi connectivity index (χ1n) is 4.33. The lowest BCUT2D eigenvalue weighted by molar-refractivity contribution is -0.146. The molecule has 78 valence electrons. The minimum atomic E-state index is -1.19. The van der Waals surface area contributed by atoms with E-state index in [0.717, 1.165) is 0 Å². The van der Waals surface area contributed by atoms with Gasteiger partial charge in [0.1, 0.15) is 12.0 Å². The predicted molar refractivity (Wildman–Crippen MR) is 46.4 cm³/mol. The van der Waals surface area contributed by atoms with Gasteiger partial charge in [0.2, 0.25) is 11.8 Å². The maximum Gasteiger partial charge on any atom is 0.315 e. The standard InChI is InChI=1S/C8H12N2O4/c1-4(8(13)14)6(11)10-5-2-3-9-7(5)12/h4-5H,2-3H2,1H3,(H,9,12)(H,10,11)(H,13,14). The van der Waals surface area contributed by atoms with Gasteiger partial charge in [-0.05, 0) is 13.3 Å². The second-order valence-corrected chi connectivity index (χ2v) is 3.20. The second-order valence-electron chi connectivity index (χ2n) is 3.20. The highest BCUT2D eigenvalue weighted by Crippen LogP contribution is 2.02. The molecule has 14 heavy (non-hydrogen) atoms. The first-order valence-corrected chi connectivity index (χ1v) is 4.33. The Morgan fingerprint density at radius 2 is 2.29 bits per heavy atom. The summed E-state index contributed by atoms with van der Waals surface area (Å²) in [6.45, 7) is 1.80. The number of hydrogen-bond acceptors (Lipinski definition) is 3. The largest absolute Gasteiger partial charge is 0.481 e. The molecule has 1 rings (SSSR count). The van der Waals surface area contributed by atoms with Crippen molar-refractivity contribution in [3.05, 3.63) is 0 Å². The molecule has 6 heteroatoms. The van der Waals surface area contributed by atoms with Crippen LogP contribution < -0.4 is 10.6 Å².